The molecule has 1 aromatic carbocycles. The largest absolute Gasteiger partial charge is 0.346 e. The first kappa shape index (κ1) is 12.1. The monoisotopic (exact) mass is 276 g/mol. The molecular weight excluding hydrogens is 260 g/mol. The molecule has 0 fully saturated rings. The highest BCUT2D eigenvalue weighted by Gasteiger charge is 2.05. The summed E-state index contributed by atoms with van der Waals surface area (Å²) in [4.78, 5) is 15.5. The van der Waals surface area contributed by atoms with Gasteiger partial charge in [0.1, 0.15) is 11.5 Å². The Labute approximate surface area is 122 Å². The van der Waals surface area contributed by atoms with Crippen LogP contribution in [0, 0.1) is 0 Å². The molecule has 0 spiro atoms. The van der Waals surface area contributed by atoms with Crippen molar-refractivity contribution in [2.24, 2.45) is 0 Å². The van der Waals surface area contributed by atoms with Crippen molar-refractivity contribution in [3.8, 4) is 0 Å². The van der Waals surface area contributed by atoms with Gasteiger partial charge in [-0.15, -0.1) is 0 Å². The summed E-state index contributed by atoms with van der Waals surface area (Å²) in [6.07, 6.45) is 6.94. The van der Waals surface area contributed by atoms with E-state index in [0.29, 0.717) is 0 Å². The summed E-state index contributed by atoms with van der Waals surface area (Å²) in [5.41, 5.74) is 4.46. The molecular formula is C17H16N4. The van der Waals surface area contributed by atoms with Gasteiger partial charge in [0.05, 0.1) is 11.0 Å². The van der Waals surface area contributed by atoms with E-state index in [0.717, 1.165) is 41.8 Å². The summed E-state index contributed by atoms with van der Waals surface area (Å²) in [5, 5.41) is 1.22. The van der Waals surface area contributed by atoms with Crippen molar-refractivity contribution in [3.05, 3.63) is 60.2 Å². The second-order valence-corrected chi connectivity index (χ2v) is 5.27. The van der Waals surface area contributed by atoms with Crippen molar-refractivity contribution in [1.29, 1.82) is 0 Å². The Kier molecular flexibility index (Phi) is 2.92. The second-order valence-electron chi connectivity index (χ2n) is 5.27. The molecule has 0 bridgehead atoms. The molecule has 4 heteroatoms. The van der Waals surface area contributed by atoms with Crippen LogP contribution in [0.5, 0.6) is 0 Å². The molecule has 3 heterocycles. The summed E-state index contributed by atoms with van der Waals surface area (Å²) in [6.45, 7) is 0. The van der Waals surface area contributed by atoms with Gasteiger partial charge in [0.2, 0.25) is 0 Å². The number of hydrogen-bond acceptors (Lipinski definition) is 2. The average Bonchev–Trinajstić information content (AvgIpc) is 3.11. The van der Waals surface area contributed by atoms with Crippen molar-refractivity contribution in [1.82, 2.24) is 19.9 Å². The minimum atomic E-state index is 0.960. The number of H-pyrrole nitrogens is 2. The molecule has 0 amide bonds. The quantitative estimate of drug-likeness (QED) is 0.598. The van der Waals surface area contributed by atoms with E-state index in [4.69, 9.17) is 0 Å². The zero-order valence-electron chi connectivity index (χ0n) is 11.6. The summed E-state index contributed by atoms with van der Waals surface area (Å²) in [5.74, 6) is 1.06. The van der Waals surface area contributed by atoms with Crippen LogP contribution in [0.1, 0.15) is 17.8 Å². The predicted octanol–water partition coefficient (Wildman–Crippen LogP) is 3.61. The molecule has 0 aliphatic rings. The Bertz CT molecular complexity index is 855. The first-order valence-electron chi connectivity index (χ1n) is 7.25. The molecule has 4 aromatic rings. The van der Waals surface area contributed by atoms with E-state index in [-0.39, 0.29) is 0 Å². The van der Waals surface area contributed by atoms with Gasteiger partial charge in [0, 0.05) is 24.2 Å². The highest BCUT2D eigenvalue weighted by atomic mass is 14.9. The summed E-state index contributed by atoms with van der Waals surface area (Å²) in [7, 11) is 0. The standard InChI is InChI=1S/C17H16N4/c1-2-8-15-14(7-1)20-16(21-15)9-3-5-12-11-19-17-13(12)6-4-10-18-17/h1-2,4,6-8,10-11H,3,5,9H2,(H,18,19)(H,20,21). The molecule has 0 atom stereocenters. The molecule has 4 rings (SSSR count). The number of para-hydroxylation sites is 2. The van der Waals surface area contributed by atoms with E-state index < -0.39 is 0 Å². The molecule has 0 aliphatic heterocycles. The van der Waals surface area contributed by atoms with Crippen molar-refractivity contribution < 1.29 is 0 Å². The van der Waals surface area contributed by atoms with Crippen LogP contribution in [0.4, 0.5) is 0 Å². The number of imidazole rings is 1. The third-order valence-corrected chi connectivity index (χ3v) is 3.83. The smallest absolute Gasteiger partial charge is 0.137 e. The molecule has 4 nitrogen and oxygen atoms in total. The van der Waals surface area contributed by atoms with Gasteiger partial charge in [0.15, 0.2) is 0 Å². The Morgan fingerprint density at radius 3 is 2.90 bits per heavy atom. The lowest BCUT2D eigenvalue weighted by atomic mass is 10.1. The number of pyridine rings is 1. The van der Waals surface area contributed by atoms with Crippen LogP contribution in [0.25, 0.3) is 22.1 Å². The van der Waals surface area contributed by atoms with Crippen molar-refractivity contribution >= 4 is 22.1 Å². The number of rotatable bonds is 4. The van der Waals surface area contributed by atoms with E-state index in [2.05, 4.69) is 38.3 Å². The summed E-state index contributed by atoms with van der Waals surface area (Å²) >= 11 is 0. The summed E-state index contributed by atoms with van der Waals surface area (Å²) in [6, 6.07) is 12.3. The normalized spacial score (nSPS) is 11.4. The van der Waals surface area contributed by atoms with E-state index in [1.54, 1.807) is 0 Å². The SMILES string of the molecule is c1ccc2[nH]c(CCCc3c[nH]c4ncccc34)nc2c1. The third-order valence-electron chi connectivity index (χ3n) is 3.83. The van der Waals surface area contributed by atoms with Crippen molar-refractivity contribution in [2.45, 2.75) is 19.3 Å². The maximum absolute atomic E-state index is 4.62. The van der Waals surface area contributed by atoms with Crippen LogP contribution in [-0.4, -0.2) is 19.9 Å². The predicted molar refractivity (Wildman–Crippen MR) is 84.2 cm³/mol. The molecule has 0 saturated carbocycles. The minimum absolute atomic E-state index is 0.960. The number of aromatic amines is 2. The molecule has 3 aromatic heterocycles. The van der Waals surface area contributed by atoms with Gasteiger partial charge in [-0.2, -0.15) is 0 Å². The minimum Gasteiger partial charge on any atom is -0.346 e. The van der Waals surface area contributed by atoms with E-state index >= 15 is 0 Å². The first-order valence-corrected chi connectivity index (χ1v) is 7.25. The fourth-order valence-electron chi connectivity index (χ4n) is 2.79. The molecule has 0 unspecified atom stereocenters. The molecule has 0 saturated heterocycles. The molecule has 2 N–H and O–H groups in total. The first-order chi connectivity index (χ1) is 10.4. The van der Waals surface area contributed by atoms with Crippen LogP contribution in [0.15, 0.2) is 48.8 Å². The Balaban J connectivity index is 1.47. The topological polar surface area (TPSA) is 57.4 Å². The zero-order chi connectivity index (χ0) is 14.1. The molecule has 21 heavy (non-hydrogen) atoms. The zero-order valence-corrected chi connectivity index (χ0v) is 11.6. The lowest BCUT2D eigenvalue weighted by Crippen LogP contribution is -1.91. The highest BCUT2D eigenvalue weighted by Crippen LogP contribution is 2.18. The van der Waals surface area contributed by atoms with Crippen LogP contribution in [0.3, 0.4) is 0 Å². The number of benzene rings is 1. The lowest BCUT2D eigenvalue weighted by molar-refractivity contribution is 0.789. The highest BCUT2D eigenvalue weighted by molar-refractivity contribution is 5.79. The van der Waals surface area contributed by atoms with Crippen molar-refractivity contribution in [3.63, 3.8) is 0 Å². The number of nitrogens with one attached hydrogen (secondary N) is 2. The number of hydrogen-bond donors (Lipinski definition) is 2. The van der Waals surface area contributed by atoms with Gasteiger partial charge in [-0.05, 0) is 42.7 Å². The fraction of sp³-hybridized carbons (Fsp3) is 0.176. The number of aryl methyl sites for hydroxylation is 2. The van der Waals surface area contributed by atoms with Crippen LogP contribution in [0.2, 0.25) is 0 Å². The maximum Gasteiger partial charge on any atom is 0.137 e. The van der Waals surface area contributed by atoms with E-state index in [1.807, 2.05) is 30.5 Å². The van der Waals surface area contributed by atoms with Gasteiger partial charge in [0.25, 0.3) is 0 Å². The number of fused-ring (bicyclic) bond motifs is 2. The summed E-state index contributed by atoms with van der Waals surface area (Å²) < 4.78 is 0. The fourth-order valence-corrected chi connectivity index (χ4v) is 2.79. The Hall–Kier alpha value is -2.62. The average molecular weight is 276 g/mol. The van der Waals surface area contributed by atoms with Crippen molar-refractivity contribution in [2.75, 3.05) is 0 Å². The van der Waals surface area contributed by atoms with E-state index in [1.165, 1.54) is 10.9 Å². The molecule has 0 radical (unpaired) electrons. The third kappa shape index (κ3) is 2.29. The second kappa shape index (κ2) is 5.05. The van der Waals surface area contributed by atoms with Gasteiger partial charge in [-0.1, -0.05) is 12.1 Å². The number of aromatic nitrogens is 4. The van der Waals surface area contributed by atoms with Gasteiger partial charge < -0.3 is 9.97 Å². The Morgan fingerprint density at radius 2 is 1.95 bits per heavy atom. The van der Waals surface area contributed by atoms with E-state index in [9.17, 15) is 0 Å². The van der Waals surface area contributed by atoms with Crippen LogP contribution in [-0.2, 0) is 12.8 Å². The lowest BCUT2D eigenvalue weighted by Gasteiger charge is -1.98. The van der Waals surface area contributed by atoms with Gasteiger partial charge in [-0.3, -0.25) is 0 Å². The maximum atomic E-state index is 4.62. The molecule has 104 valence electrons. The number of nitrogens with zero attached hydrogens (tertiary/aromatic N) is 2. The van der Waals surface area contributed by atoms with Gasteiger partial charge >= 0.3 is 0 Å². The molecule has 0 aliphatic carbocycles. The Morgan fingerprint density at radius 1 is 1.00 bits per heavy atom. The van der Waals surface area contributed by atoms with Crippen LogP contribution >= 0.6 is 0 Å². The van der Waals surface area contributed by atoms with Gasteiger partial charge in [-0.25, -0.2) is 9.97 Å². The van der Waals surface area contributed by atoms with Crippen LogP contribution < -0.4 is 0 Å².